The van der Waals surface area contributed by atoms with E-state index in [-0.39, 0.29) is 0 Å². The van der Waals surface area contributed by atoms with Gasteiger partial charge in [-0.3, -0.25) is 4.57 Å². The maximum atomic E-state index is 14.0. The van der Waals surface area contributed by atoms with Gasteiger partial charge in [0, 0.05) is 5.57 Å². The molecule has 0 aromatic heterocycles. The predicted molar refractivity (Wildman–Crippen MR) is 116 cm³/mol. The molecule has 0 saturated heterocycles. The molecular weight excluding hydrogens is 367 g/mol. The molecule has 0 amide bonds. The van der Waals surface area contributed by atoms with Gasteiger partial charge < -0.3 is 9.05 Å². The van der Waals surface area contributed by atoms with Gasteiger partial charge in [0.05, 0.1) is 18.5 Å². The molecule has 0 unspecified atom stereocenters. The minimum atomic E-state index is -3.56. The van der Waals surface area contributed by atoms with E-state index in [1.165, 1.54) is 0 Å². The van der Waals surface area contributed by atoms with Crippen molar-refractivity contribution in [2.24, 2.45) is 0 Å². The first-order chi connectivity index (χ1) is 13.7. The summed E-state index contributed by atoms with van der Waals surface area (Å²) in [6.45, 7) is 4.26. The summed E-state index contributed by atoms with van der Waals surface area (Å²) >= 11 is 0. The lowest BCUT2D eigenvalue weighted by Crippen LogP contribution is -2.03. The average molecular weight is 392 g/mol. The van der Waals surface area contributed by atoms with Crippen molar-refractivity contribution in [2.45, 2.75) is 13.8 Å². The molecule has 0 aliphatic carbocycles. The molecule has 0 N–H and O–H groups in total. The van der Waals surface area contributed by atoms with Gasteiger partial charge >= 0.3 is 7.60 Å². The van der Waals surface area contributed by atoms with Crippen LogP contribution in [-0.2, 0) is 13.6 Å². The van der Waals surface area contributed by atoms with E-state index >= 15 is 0 Å². The zero-order valence-corrected chi connectivity index (χ0v) is 17.1. The average Bonchev–Trinajstić information content (AvgIpc) is 2.74. The molecule has 0 fully saturated rings. The van der Waals surface area contributed by atoms with Crippen molar-refractivity contribution < 1.29 is 13.6 Å². The Labute approximate surface area is 167 Å². The van der Waals surface area contributed by atoms with E-state index in [1.54, 1.807) is 0 Å². The third-order valence-electron chi connectivity index (χ3n) is 4.28. The fourth-order valence-electron chi connectivity index (χ4n) is 3.19. The molecule has 144 valence electrons. The molecule has 4 heteroatoms. The highest BCUT2D eigenvalue weighted by molar-refractivity contribution is 7.65. The molecule has 0 radical (unpaired) electrons. The van der Waals surface area contributed by atoms with Gasteiger partial charge in [-0.1, -0.05) is 91.0 Å². The van der Waals surface area contributed by atoms with Crippen molar-refractivity contribution in [3.8, 4) is 0 Å². The SMILES string of the molecule is CCOP(=O)(OCC)C(=C(c1ccccc1)c1ccccc1)c1ccccc1. The topological polar surface area (TPSA) is 35.5 Å². The smallest absolute Gasteiger partial charge is 0.305 e. The normalized spacial score (nSPS) is 11.2. The predicted octanol–water partition coefficient (Wildman–Crippen LogP) is 6.87. The molecule has 0 aliphatic heterocycles. The van der Waals surface area contributed by atoms with Crippen LogP contribution >= 0.6 is 7.60 Å². The summed E-state index contributed by atoms with van der Waals surface area (Å²) in [5.74, 6) is 0. The third-order valence-corrected chi connectivity index (χ3v) is 6.51. The summed E-state index contributed by atoms with van der Waals surface area (Å²) in [6.07, 6.45) is 0. The molecule has 3 rings (SSSR count). The molecule has 0 aliphatic rings. The van der Waals surface area contributed by atoms with E-state index in [4.69, 9.17) is 9.05 Å². The van der Waals surface area contributed by atoms with Gasteiger partial charge in [0.2, 0.25) is 0 Å². The van der Waals surface area contributed by atoms with Crippen LogP contribution in [0.25, 0.3) is 10.9 Å². The van der Waals surface area contributed by atoms with Crippen LogP contribution in [0.15, 0.2) is 91.0 Å². The van der Waals surface area contributed by atoms with Gasteiger partial charge in [0.1, 0.15) is 0 Å². The van der Waals surface area contributed by atoms with Crippen LogP contribution in [0.5, 0.6) is 0 Å². The highest BCUT2D eigenvalue weighted by atomic mass is 31.2. The number of hydrogen-bond donors (Lipinski definition) is 0. The summed E-state index contributed by atoms with van der Waals surface area (Å²) in [5.41, 5.74) is 3.62. The summed E-state index contributed by atoms with van der Waals surface area (Å²) in [6, 6.07) is 29.7. The highest BCUT2D eigenvalue weighted by Crippen LogP contribution is 2.63. The summed E-state index contributed by atoms with van der Waals surface area (Å²) in [7, 11) is -3.56. The van der Waals surface area contributed by atoms with Crippen molar-refractivity contribution in [3.05, 3.63) is 108 Å². The Balaban J connectivity index is 2.41. The van der Waals surface area contributed by atoms with Gasteiger partial charge in [0.15, 0.2) is 0 Å². The van der Waals surface area contributed by atoms with Gasteiger partial charge in [-0.2, -0.15) is 0 Å². The molecule has 0 saturated carbocycles. The minimum absolute atomic E-state index is 0.296. The van der Waals surface area contributed by atoms with E-state index in [0.717, 1.165) is 22.3 Å². The second-order valence-electron chi connectivity index (χ2n) is 6.15. The van der Waals surface area contributed by atoms with Gasteiger partial charge in [0.25, 0.3) is 0 Å². The van der Waals surface area contributed by atoms with Crippen LogP contribution < -0.4 is 0 Å². The standard InChI is InChI=1S/C24H25O3P/c1-3-26-28(25,27-4-2)24(22-18-12-7-13-19-22)23(20-14-8-5-9-15-20)21-16-10-6-11-17-21/h5-19H,3-4H2,1-2H3. The maximum Gasteiger partial charge on any atom is 0.362 e. The Hall–Kier alpha value is -2.45. The monoisotopic (exact) mass is 392 g/mol. The zero-order valence-electron chi connectivity index (χ0n) is 16.2. The van der Waals surface area contributed by atoms with Gasteiger partial charge in [-0.25, -0.2) is 0 Å². The van der Waals surface area contributed by atoms with Crippen molar-refractivity contribution in [1.29, 1.82) is 0 Å². The van der Waals surface area contributed by atoms with Crippen LogP contribution in [0, 0.1) is 0 Å². The molecule has 0 spiro atoms. The Morgan fingerprint density at radius 3 is 1.36 bits per heavy atom. The summed E-state index contributed by atoms with van der Waals surface area (Å²) in [5, 5.41) is 0.592. The lowest BCUT2D eigenvalue weighted by Gasteiger charge is -2.24. The second-order valence-corrected chi connectivity index (χ2v) is 8.11. The molecular formula is C24H25O3P. The van der Waals surface area contributed by atoms with Crippen molar-refractivity contribution in [1.82, 2.24) is 0 Å². The summed E-state index contributed by atoms with van der Waals surface area (Å²) < 4.78 is 25.6. The highest BCUT2D eigenvalue weighted by Gasteiger charge is 2.34. The molecule has 28 heavy (non-hydrogen) atoms. The van der Waals surface area contributed by atoms with E-state index in [2.05, 4.69) is 0 Å². The molecule has 3 aromatic carbocycles. The lowest BCUT2D eigenvalue weighted by molar-refractivity contribution is 0.231. The molecule has 3 aromatic rings. The minimum Gasteiger partial charge on any atom is -0.305 e. The lowest BCUT2D eigenvalue weighted by atomic mass is 9.95. The zero-order chi connectivity index (χ0) is 19.8. The summed E-state index contributed by atoms with van der Waals surface area (Å²) in [4.78, 5) is 0. The van der Waals surface area contributed by atoms with Crippen molar-refractivity contribution in [3.63, 3.8) is 0 Å². The molecule has 0 atom stereocenters. The second kappa shape index (κ2) is 9.66. The molecule has 0 bridgehead atoms. The Morgan fingerprint density at radius 1 is 0.643 bits per heavy atom. The number of benzene rings is 3. The number of rotatable bonds is 8. The first-order valence-electron chi connectivity index (χ1n) is 9.49. The van der Waals surface area contributed by atoms with E-state index < -0.39 is 7.60 Å². The first kappa shape index (κ1) is 20.3. The van der Waals surface area contributed by atoms with Gasteiger partial charge in [-0.05, 0) is 30.5 Å². The van der Waals surface area contributed by atoms with Crippen LogP contribution in [0.1, 0.15) is 30.5 Å². The Bertz CT molecular complexity index is 899. The number of hydrogen-bond acceptors (Lipinski definition) is 3. The maximum absolute atomic E-state index is 14.0. The van der Waals surface area contributed by atoms with E-state index in [9.17, 15) is 4.57 Å². The Kier molecular flexibility index (Phi) is 7.00. The largest absolute Gasteiger partial charge is 0.362 e. The first-order valence-corrected chi connectivity index (χ1v) is 11.0. The Morgan fingerprint density at radius 2 is 1.00 bits per heavy atom. The van der Waals surface area contributed by atoms with Crippen LogP contribution in [0.3, 0.4) is 0 Å². The molecule has 3 nitrogen and oxygen atoms in total. The van der Waals surface area contributed by atoms with Crippen LogP contribution in [0.2, 0.25) is 0 Å². The van der Waals surface area contributed by atoms with E-state index in [0.29, 0.717) is 18.5 Å². The molecule has 0 heterocycles. The van der Waals surface area contributed by atoms with Crippen molar-refractivity contribution in [2.75, 3.05) is 13.2 Å². The van der Waals surface area contributed by atoms with Gasteiger partial charge in [-0.15, -0.1) is 0 Å². The third kappa shape index (κ3) is 4.51. The van der Waals surface area contributed by atoms with Crippen LogP contribution in [0.4, 0.5) is 0 Å². The van der Waals surface area contributed by atoms with Crippen molar-refractivity contribution >= 4 is 18.5 Å². The van der Waals surface area contributed by atoms with E-state index in [1.807, 2.05) is 105 Å². The quantitative estimate of drug-likeness (QED) is 0.310. The fraction of sp³-hybridized carbons (Fsp3) is 0.167. The fourth-order valence-corrected chi connectivity index (χ4v) is 5.20. The van der Waals surface area contributed by atoms with Crippen LogP contribution in [-0.4, -0.2) is 13.2 Å².